The molecule has 1 aromatic heterocycles. The van der Waals surface area contributed by atoms with Crippen LogP contribution in [0.2, 0.25) is 0 Å². The summed E-state index contributed by atoms with van der Waals surface area (Å²) in [5.74, 6) is -2.77. The van der Waals surface area contributed by atoms with Crippen LogP contribution >= 0.6 is 24.0 Å². The maximum Gasteiger partial charge on any atom is 0.341 e. The normalized spacial score (nSPS) is 11.4. The van der Waals surface area contributed by atoms with Crippen molar-refractivity contribution in [2.75, 3.05) is 13.2 Å². The summed E-state index contributed by atoms with van der Waals surface area (Å²) in [6.45, 7) is 2.71. The number of carbonyl (C=O) groups is 4. The van der Waals surface area contributed by atoms with Crippen molar-refractivity contribution in [3.05, 3.63) is 52.2 Å². The van der Waals surface area contributed by atoms with Crippen LogP contribution in [0, 0.1) is 0 Å². The summed E-state index contributed by atoms with van der Waals surface area (Å²) >= 11 is 5.21. The van der Waals surface area contributed by atoms with Gasteiger partial charge in [-0.2, -0.15) is 12.6 Å². The molecule has 0 aliphatic carbocycles. The van der Waals surface area contributed by atoms with Crippen molar-refractivity contribution in [3.8, 4) is 5.75 Å². The summed E-state index contributed by atoms with van der Waals surface area (Å²) in [5.41, 5.74) is 0.0720. The topological polar surface area (TPSA) is 90.0 Å². The molecule has 0 aliphatic heterocycles. The molecule has 2 amide bonds. The molecule has 0 aliphatic rings. The Bertz CT molecular complexity index is 863. The molecule has 0 saturated heterocycles. The number of carbonyl (C=O) groups excluding carboxylic acids is 4. The lowest BCUT2D eigenvalue weighted by Crippen LogP contribution is -2.44. The Morgan fingerprint density at radius 1 is 1.14 bits per heavy atom. The van der Waals surface area contributed by atoms with E-state index in [1.54, 1.807) is 36.6 Å². The Kier molecular flexibility index (Phi) is 7.77. The molecule has 1 atom stereocenters. The van der Waals surface area contributed by atoms with Crippen LogP contribution < -0.4 is 4.74 Å². The largest absolute Gasteiger partial charge is 0.462 e. The van der Waals surface area contributed by atoms with Crippen molar-refractivity contribution in [2.45, 2.75) is 19.1 Å². The van der Waals surface area contributed by atoms with Crippen molar-refractivity contribution in [1.29, 1.82) is 0 Å². The van der Waals surface area contributed by atoms with Gasteiger partial charge in [0.2, 0.25) is 5.91 Å². The number of amides is 2. The van der Waals surface area contributed by atoms with Gasteiger partial charge >= 0.3 is 11.9 Å². The molecular formula is C19H19NO6S2. The third-order valence-corrected chi connectivity index (χ3v) is 4.57. The van der Waals surface area contributed by atoms with Gasteiger partial charge in [-0.15, -0.1) is 11.3 Å². The summed E-state index contributed by atoms with van der Waals surface area (Å²) in [5, 5.41) is 0.900. The minimum absolute atomic E-state index is 0.0131. The maximum atomic E-state index is 12.6. The van der Waals surface area contributed by atoms with Gasteiger partial charge in [0.25, 0.3) is 5.91 Å². The van der Waals surface area contributed by atoms with Gasteiger partial charge in [0.1, 0.15) is 17.9 Å². The molecule has 0 N–H and O–H groups in total. The maximum absolute atomic E-state index is 12.6. The molecule has 0 bridgehead atoms. The number of thiol groups is 1. The Morgan fingerprint density at radius 3 is 2.46 bits per heavy atom. The number of hydrogen-bond donors (Lipinski definition) is 1. The fourth-order valence-electron chi connectivity index (χ4n) is 2.23. The fourth-order valence-corrected chi connectivity index (χ4v) is 3.04. The second-order valence-electron chi connectivity index (χ2n) is 5.57. The molecule has 0 fully saturated rings. The van der Waals surface area contributed by atoms with Crippen LogP contribution in [0.5, 0.6) is 5.75 Å². The Balaban J connectivity index is 2.20. The molecular weight excluding hydrogens is 402 g/mol. The van der Waals surface area contributed by atoms with Crippen molar-refractivity contribution in [1.82, 2.24) is 4.90 Å². The van der Waals surface area contributed by atoms with E-state index >= 15 is 0 Å². The molecule has 7 nitrogen and oxygen atoms in total. The van der Waals surface area contributed by atoms with Gasteiger partial charge in [0, 0.05) is 0 Å². The first-order chi connectivity index (χ1) is 13.3. The molecule has 1 unspecified atom stereocenters. The van der Waals surface area contributed by atoms with Crippen LogP contribution in [0.4, 0.5) is 0 Å². The highest BCUT2D eigenvalue weighted by atomic mass is 32.1. The van der Waals surface area contributed by atoms with Crippen molar-refractivity contribution in [3.63, 3.8) is 0 Å². The van der Waals surface area contributed by atoms with Gasteiger partial charge in [-0.3, -0.25) is 14.5 Å². The number of esters is 2. The summed E-state index contributed by atoms with van der Waals surface area (Å²) in [7, 11) is 0. The van der Waals surface area contributed by atoms with Gasteiger partial charge in [0.05, 0.1) is 16.7 Å². The number of benzene rings is 1. The van der Waals surface area contributed by atoms with Gasteiger partial charge in [0.15, 0.2) is 0 Å². The molecule has 148 valence electrons. The zero-order valence-electron chi connectivity index (χ0n) is 15.3. The second-order valence-corrected chi connectivity index (χ2v) is 7.30. The summed E-state index contributed by atoms with van der Waals surface area (Å²) in [4.78, 5) is 50.5. The highest BCUT2D eigenvalue weighted by Gasteiger charge is 2.29. The number of hydrogen-bond acceptors (Lipinski definition) is 8. The zero-order chi connectivity index (χ0) is 20.7. The Hall–Kier alpha value is -2.65. The number of rotatable bonds is 7. The van der Waals surface area contributed by atoms with E-state index in [-0.39, 0.29) is 17.9 Å². The predicted octanol–water partition coefficient (Wildman–Crippen LogP) is 2.82. The zero-order valence-corrected chi connectivity index (χ0v) is 17.0. The quantitative estimate of drug-likeness (QED) is 0.420. The van der Waals surface area contributed by atoms with Gasteiger partial charge in [-0.25, -0.2) is 9.59 Å². The highest BCUT2D eigenvalue weighted by Crippen LogP contribution is 2.20. The first-order valence-electron chi connectivity index (χ1n) is 8.39. The molecule has 28 heavy (non-hydrogen) atoms. The van der Waals surface area contributed by atoms with E-state index in [9.17, 15) is 19.2 Å². The number of nitrogens with zero attached hydrogens (tertiary/aromatic N) is 1. The minimum atomic E-state index is -0.871. The third-order valence-electron chi connectivity index (χ3n) is 3.49. The van der Waals surface area contributed by atoms with Crippen LogP contribution in [-0.4, -0.2) is 47.1 Å². The molecule has 0 saturated carbocycles. The van der Waals surface area contributed by atoms with E-state index in [2.05, 4.69) is 12.6 Å². The fraction of sp³-hybridized carbons (Fsp3) is 0.263. The van der Waals surface area contributed by atoms with E-state index in [4.69, 9.17) is 9.47 Å². The van der Waals surface area contributed by atoms with Crippen LogP contribution in [0.15, 0.2) is 41.8 Å². The summed E-state index contributed by atoms with van der Waals surface area (Å²) in [6.07, 6.45) is 0. The average Bonchev–Trinajstić information content (AvgIpc) is 3.20. The first kappa shape index (κ1) is 21.6. The average molecular weight is 421 g/mol. The summed E-state index contributed by atoms with van der Waals surface area (Å²) in [6, 6.07) is 9.29. The Morgan fingerprint density at radius 2 is 1.86 bits per heavy atom. The number of ether oxygens (including phenoxy) is 2. The molecule has 1 heterocycles. The SMILES string of the molecule is CCOC(=O)c1ccccc1OC(=O)CN(C(=O)c1cccs1)C(=O)C(C)S. The van der Waals surface area contributed by atoms with Gasteiger partial charge in [-0.1, -0.05) is 18.2 Å². The number of imide groups is 1. The van der Waals surface area contributed by atoms with Gasteiger partial charge in [-0.05, 0) is 37.4 Å². The lowest BCUT2D eigenvalue weighted by Gasteiger charge is -2.21. The molecule has 0 radical (unpaired) electrons. The van der Waals surface area contributed by atoms with E-state index in [1.165, 1.54) is 19.1 Å². The van der Waals surface area contributed by atoms with Crippen molar-refractivity contribution >= 4 is 47.7 Å². The van der Waals surface area contributed by atoms with E-state index < -0.39 is 35.5 Å². The standard InChI is InChI=1S/C19H19NO6S2/c1-3-25-19(24)13-7-4-5-8-14(13)26-16(21)11-20(17(22)12(2)27)18(23)15-9-6-10-28-15/h4-10,12,27H,3,11H2,1-2H3. The predicted molar refractivity (Wildman–Crippen MR) is 107 cm³/mol. The third kappa shape index (κ3) is 5.43. The van der Waals surface area contributed by atoms with E-state index in [1.807, 2.05) is 0 Å². The van der Waals surface area contributed by atoms with E-state index in [0.717, 1.165) is 16.2 Å². The summed E-state index contributed by atoms with van der Waals surface area (Å²) < 4.78 is 10.2. The lowest BCUT2D eigenvalue weighted by atomic mass is 10.2. The second kappa shape index (κ2) is 10.0. The van der Waals surface area contributed by atoms with Crippen LogP contribution in [0.3, 0.4) is 0 Å². The first-order valence-corrected chi connectivity index (χ1v) is 9.78. The number of para-hydroxylation sites is 1. The van der Waals surface area contributed by atoms with Crippen molar-refractivity contribution < 1.29 is 28.7 Å². The van der Waals surface area contributed by atoms with Crippen LogP contribution in [-0.2, 0) is 14.3 Å². The molecule has 9 heteroatoms. The number of thiophene rings is 1. The monoisotopic (exact) mass is 421 g/mol. The van der Waals surface area contributed by atoms with Crippen molar-refractivity contribution in [2.24, 2.45) is 0 Å². The van der Waals surface area contributed by atoms with Crippen LogP contribution in [0.25, 0.3) is 0 Å². The lowest BCUT2D eigenvalue weighted by molar-refractivity contribution is -0.140. The van der Waals surface area contributed by atoms with Crippen LogP contribution in [0.1, 0.15) is 33.9 Å². The smallest absolute Gasteiger partial charge is 0.341 e. The Labute approximate surface area is 171 Å². The molecule has 2 aromatic rings. The molecule has 0 spiro atoms. The molecule has 2 rings (SSSR count). The highest BCUT2D eigenvalue weighted by molar-refractivity contribution is 7.81. The van der Waals surface area contributed by atoms with E-state index in [0.29, 0.717) is 4.88 Å². The minimum Gasteiger partial charge on any atom is -0.462 e. The van der Waals surface area contributed by atoms with Gasteiger partial charge < -0.3 is 9.47 Å². The molecule has 1 aromatic carbocycles.